The van der Waals surface area contributed by atoms with Crippen LogP contribution in [0.25, 0.3) is 10.9 Å². The number of nitrogens with zero attached hydrogens (tertiary/aromatic N) is 2. The summed E-state index contributed by atoms with van der Waals surface area (Å²) in [6, 6.07) is 7.67. The first kappa shape index (κ1) is 13.3. The number of para-hydroxylation sites is 1. The molecule has 0 aliphatic heterocycles. The average Bonchev–Trinajstić information content (AvgIpc) is 2.66. The van der Waals surface area contributed by atoms with Gasteiger partial charge in [0.05, 0.1) is 13.1 Å². The quantitative estimate of drug-likeness (QED) is 0.825. The Bertz CT molecular complexity index is 631. The van der Waals surface area contributed by atoms with Crippen LogP contribution in [-0.4, -0.2) is 46.5 Å². The van der Waals surface area contributed by atoms with E-state index >= 15 is 0 Å². The minimum atomic E-state index is -0.937. The fourth-order valence-electron chi connectivity index (χ4n) is 2.18. The SMILES string of the molecule is CN(CC(=O)O)CC(=O)c1cn(C)c2ccccc12. The van der Waals surface area contributed by atoms with Crippen LogP contribution in [0.4, 0.5) is 0 Å². The molecule has 0 aliphatic rings. The van der Waals surface area contributed by atoms with Crippen LogP contribution in [-0.2, 0) is 11.8 Å². The van der Waals surface area contributed by atoms with Crippen molar-refractivity contribution in [1.82, 2.24) is 9.47 Å². The summed E-state index contributed by atoms with van der Waals surface area (Å²) in [7, 11) is 3.51. The summed E-state index contributed by atoms with van der Waals surface area (Å²) in [5, 5.41) is 9.59. The third kappa shape index (κ3) is 2.82. The van der Waals surface area contributed by atoms with Crippen molar-refractivity contribution in [2.75, 3.05) is 20.1 Å². The molecule has 2 rings (SSSR count). The Hall–Kier alpha value is -2.14. The predicted octanol–water partition coefficient (Wildman–Crippen LogP) is 1.38. The van der Waals surface area contributed by atoms with Gasteiger partial charge in [0.2, 0.25) is 0 Å². The number of aromatic nitrogens is 1. The summed E-state index contributed by atoms with van der Waals surface area (Å²) < 4.78 is 1.90. The monoisotopic (exact) mass is 260 g/mol. The van der Waals surface area contributed by atoms with E-state index in [0.29, 0.717) is 5.56 Å². The molecule has 100 valence electrons. The number of benzene rings is 1. The minimum Gasteiger partial charge on any atom is -0.480 e. The second-order valence-electron chi connectivity index (χ2n) is 4.66. The molecule has 0 radical (unpaired) electrons. The molecule has 1 heterocycles. The Balaban J connectivity index is 2.25. The first-order chi connectivity index (χ1) is 8.99. The molecule has 5 nitrogen and oxygen atoms in total. The molecular formula is C14H16N2O3. The van der Waals surface area contributed by atoms with E-state index in [4.69, 9.17) is 5.11 Å². The second-order valence-corrected chi connectivity index (χ2v) is 4.66. The van der Waals surface area contributed by atoms with Gasteiger partial charge in [-0.05, 0) is 13.1 Å². The summed E-state index contributed by atoms with van der Waals surface area (Å²) in [4.78, 5) is 24.3. The minimum absolute atomic E-state index is 0.0689. The Labute approximate surface area is 111 Å². The lowest BCUT2D eigenvalue weighted by Gasteiger charge is -2.12. The fourth-order valence-corrected chi connectivity index (χ4v) is 2.18. The van der Waals surface area contributed by atoms with Crippen molar-refractivity contribution >= 4 is 22.7 Å². The van der Waals surface area contributed by atoms with Crippen LogP contribution in [0.2, 0.25) is 0 Å². The smallest absolute Gasteiger partial charge is 0.317 e. The van der Waals surface area contributed by atoms with E-state index in [1.54, 1.807) is 13.2 Å². The maximum atomic E-state index is 12.2. The Morgan fingerprint density at radius 1 is 1.26 bits per heavy atom. The van der Waals surface area contributed by atoms with Gasteiger partial charge >= 0.3 is 5.97 Å². The summed E-state index contributed by atoms with van der Waals surface area (Å²) in [6.45, 7) is -0.0448. The zero-order valence-corrected chi connectivity index (χ0v) is 11.0. The second kappa shape index (κ2) is 5.24. The van der Waals surface area contributed by atoms with Crippen molar-refractivity contribution < 1.29 is 14.7 Å². The van der Waals surface area contributed by atoms with Gasteiger partial charge in [-0.3, -0.25) is 14.5 Å². The van der Waals surface area contributed by atoms with Gasteiger partial charge in [0, 0.05) is 29.7 Å². The molecule has 0 unspecified atom stereocenters. The molecule has 0 saturated heterocycles. The topological polar surface area (TPSA) is 62.5 Å². The number of rotatable bonds is 5. The van der Waals surface area contributed by atoms with Crippen LogP contribution in [0.1, 0.15) is 10.4 Å². The van der Waals surface area contributed by atoms with Crippen LogP contribution < -0.4 is 0 Å². The molecule has 0 fully saturated rings. The molecular weight excluding hydrogens is 244 g/mol. The van der Waals surface area contributed by atoms with Gasteiger partial charge in [-0.2, -0.15) is 0 Å². The lowest BCUT2D eigenvalue weighted by Crippen LogP contribution is -2.30. The number of aryl methyl sites for hydroxylation is 1. The number of hydrogen-bond donors (Lipinski definition) is 1. The molecule has 0 bridgehead atoms. The number of carbonyl (C=O) groups is 2. The number of ketones is 1. The number of likely N-dealkylation sites (N-methyl/N-ethyl adjacent to an activating group) is 1. The van der Waals surface area contributed by atoms with Gasteiger partial charge in [-0.15, -0.1) is 0 Å². The van der Waals surface area contributed by atoms with Gasteiger partial charge in [0.15, 0.2) is 5.78 Å². The number of carboxylic acids is 1. The third-order valence-corrected chi connectivity index (χ3v) is 3.02. The number of Topliss-reactive ketones (excluding diaryl/α,β-unsaturated/α-hetero) is 1. The summed E-state index contributed by atoms with van der Waals surface area (Å²) in [5.41, 5.74) is 1.63. The highest BCUT2D eigenvalue weighted by Crippen LogP contribution is 2.20. The predicted molar refractivity (Wildman–Crippen MR) is 72.4 cm³/mol. The van der Waals surface area contributed by atoms with E-state index in [0.717, 1.165) is 10.9 Å². The van der Waals surface area contributed by atoms with Crippen LogP contribution in [0, 0.1) is 0 Å². The average molecular weight is 260 g/mol. The van der Waals surface area contributed by atoms with Gasteiger partial charge in [-0.1, -0.05) is 18.2 Å². The van der Waals surface area contributed by atoms with Crippen molar-refractivity contribution in [1.29, 1.82) is 0 Å². The van der Waals surface area contributed by atoms with E-state index in [2.05, 4.69) is 0 Å². The number of aliphatic carboxylic acids is 1. The number of fused-ring (bicyclic) bond motifs is 1. The molecule has 5 heteroatoms. The van der Waals surface area contributed by atoms with Gasteiger partial charge in [0.25, 0.3) is 0 Å². The molecule has 1 aromatic heterocycles. The van der Waals surface area contributed by atoms with Crippen molar-refractivity contribution in [3.05, 3.63) is 36.0 Å². The van der Waals surface area contributed by atoms with Crippen LogP contribution in [0.15, 0.2) is 30.5 Å². The molecule has 1 N–H and O–H groups in total. The highest BCUT2D eigenvalue weighted by atomic mass is 16.4. The Morgan fingerprint density at radius 3 is 2.63 bits per heavy atom. The van der Waals surface area contributed by atoms with E-state index in [1.807, 2.05) is 35.9 Å². The largest absolute Gasteiger partial charge is 0.480 e. The summed E-state index contributed by atoms with van der Waals surface area (Å²) in [6.07, 6.45) is 1.79. The van der Waals surface area contributed by atoms with Crippen molar-refractivity contribution in [3.63, 3.8) is 0 Å². The van der Waals surface area contributed by atoms with Gasteiger partial charge < -0.3 is 9.67 Å². The highest BCUT2D eigenvalue weighted by molar-refractivity contribution is 6.09. The van der Waals surface area contributed by atoms with E-state index < -0.39 is 5.97 Å². The maximum absolute atomic E-state index is 12.2. The molecule has 0 amide bonds. The number of carboxylic acid groups (broad SMARTS) is 1. The van der Waals surface area contributed by atoms with Crippen molar-refractivity contribution in [2.24, 2.45) is 7.05 Å². The molecule has 0 atom stereocenters. The van der Waals surface area contributed by atoms with Crippen LogP contribution in [0.5, 0.6) is 0 Å². The molecule has 0 saturated carbocycles. The van der Waals surface area contributed by atoms with E-state index in [9.17, 15) is 9.59 Å². The van der Waals surface area contributed by atoms with E-state index in [1.165, 1.54) is 4.90 Å². The Kier molecular flexibility index (Phi) is 3.66. The zero-order chi connectivity index (χ0) is 14.0. The van der Waals surface area contributed by atoms with Gasteiger partial charge in [0.1, 0.15) is 0 Å². The summed E-state index contributed by atoms with van der Waals surface area (Å²) >= 11 is 0. The normalized spacial score (nSPS) is 11.1. The molecule has 1 aromatic carbocycles. The number of hydrogen-bond acceptors (Lipinski definition) is 3. The van der Waals surface area contributed by atoms with Crippen molar-refractivity contribution in [2.45, 2.75) is 0 Å². The van der Waals surface area contributed by atoms with E-state index in [-0.39, 0.29) is 18.9 Å². The molecule has 0 spiro atoms. The first-order valence-corrected chi connectivity index (χ1v) is 5.96. The summed E-state index contributed by atoms with van der Waals surface area (Å²) in [5.74, 6) is -1.01. The third-order valence-electron chi connectivity index (χ3n) is 3.02. The van der Waals surface area contributed by atoms with Gasteiger partial charge in [-0.25, -0.2) is 0 Å². The standard InChI is InChI=1S/C14H16N2O3/c1-15(9-14(18)19)8-13(17)11-7-16(2)12-6-4-3-5-10(11)12/h3-7H,8-9H2,1-2H3,(H,18,19). The van der Waals surface area contributed by atoms with Crippen LogP contribution >= 0.6 is 0 Å². The van der Waals surface area contributed by atoms with Crippen molar-refractivity contribution in [3.8, 4) is 0 Å². The molecule has 0 aliphatic carbocycles. The Morgan fingerprint density at radius 2 is 1.95 bits per heavy atom. The molecule has 2 aromatic rings. The lowest BCUT2D eigenvalue weighted by atomic mass is 10.1. The fraction of sp³-hybridized carbons (Fsp3) is 0.286. The maximum Gasteiger partial charge on any atom is 0.317 e. The number of carbonyl (C=O) groups excluding carboxylic acids is 1. The lowest BCUT2D eigenvalue weighted by molar-refractivity contribution is -0.137. The molecule has 19 heavy (non-hydrogen) atoms. The van der Waals surface area contributed by atoms with Crippen LogP contribution in [0.3, 0.4) is 0 Å². The zero-order valence-electron chi connectivity index (χ0n) is 11.0. The highest BCUT2D eigenvalue weighted by Gasteiger charge is 2.16. The first-order valence-electron chi connectivity index (χ1n) is 5.96.